The highest BCUT2D eigenvalue weighted by atomic mass is 15.2. The van der Waals surface area contributed by atoms with Gasteiger partial charge in [0.15, 0.2) is 0 Å². The SMILES string of the molecule is NC(N)c1ccc(-c2cccc(-c3ccc4c(c3)C3(C5=C4NCC=C5)c4ccccc4N(c4ccccc4)c4ccccc43)c2)cc1. The molecular weight excluding hydrogens is 573 g/mol. The molecule has 1 aliphatic carbocycles. The molecular formula is C43H34N4. The lowest BCUT2D eigenvalue weighted by Gasteiger charge is -2.45. The van der Waals surface area contributed by atoms with Gasteiger partial charge < -0.3 is 21.7 Å². The Morgan fingerprint density at radius 1 is 0.574 bits per heavy atom. The summed E-state index contributed by atoms with van der Waals surface area (Å²) < 4.78 is 0. The maximum atomic E-state index is 5.91. The van der Waals surface area contributed by atoms with Crippen LogP contribution in [0.3, 0.4) is 0 Å². The van der Waals surface area contributed by atoms with Crippen LogP contribution in [0.25, 0.3) is 28.0 Å². The van der Waals surface area contributed by atoms with Crippen molar-refractivity contribution in [2.24, 2.45) is 11.5 Å². The van der Waals surface area contributed by atoms with E-state index < -0.39 is 11.6 Å². The normalized spacial score (nSPS) is 15.3. The van der Waals surface area contributed by atoms with E-state index >= 15 is 0 Å². The lowest BCUT2D eigenvalue weighted by atomic mass is 9.63. The number of benzene rings is 6. The quantitative estimate of drug-likeness (QED) is 0.175. The minimum absolute atomic E-state index is 0.479. The average molecular weight is 607 g/mol. The van der Waals surface area contributed by atoms with Crippen molar-refractivity contribution in [3.05, 3.63) is 191 Å². The zero-order chi connectivity index (χ0) is 31.5. The van der Waals surface area contributed by atoms with Gasteiger partial charge >= 0.3 is 0 Å². The van der Waals surface area contributed by atoms with Gasteiger partial charge in [0.2, 0.25) is 0 Å². The highest BCUT2D eigenvalue weighted by Crippen LogP contribution is 2.63. The smallest absolute Gasteiger partial charge is 0.0784 e. The molecule has 5 N–H and O–H groups in total. The van der Waals surface area contributed by atoms with Crippen molar-refractivity contribution in [3.8, 4) is 22.3 Å². The number of nitrogens with zero attached hydrogens (tertiary/aromatic N) is 1. The molecule has 4 nitrogen and oxygen atoms in total. The minimum Gasteiger partial charge on any atom is -0.381 e. The molecule has 3 aliphatic rings. The molecule has 0 radical (unpaired) electrons. The van der Waals surface area contributed by atoms with E-state index in [2.05, 4.69) is 156 Å². The predicted molar refractivity (Wildman–Crippen MR) is 193 cm³/mol. The number of allylic oxidation sites excluding steroid dienone is 2. The zero-order valence-electron chi connectivity index (χ0n) is 25.9. The lowest BCUT2D eigenvalue weighted by molar-refractivity contribution is 0.741. The molecule has 0 aromatic heterocycles. The van der Waals surface area contributed by atoms with E-state index in [9.17, 15) is 0 Å². The van der Waals surface area contributed by atoms with Gasteiger partial charge in [0.05, 0.1) is 23.0 Å². The highest BCUT2D eigenvalue weighted by Gasteiger charge is 2.52. The minimum atomic E-state index is -0.489. The molecule has 47 heavy (non-hydrogen) atoms. The van der Waals surface area contributed by atoms with Crippen LogP contribution in [-0.2, 0) is 5.41 Å². The Bertz CT molecular complexity index is 2180. The fraction of sp³-hybridized carbons (Fsp3) is 0.0698. The van der Waals surface area contributed by atoms with E-state index in [4.69, 9.17) is 11.5 Å². The van der Waals surface area contributed by atoms with Gasteiger partial charge in [0, 0.05) is 23.5 Å². The topological polar surface area (TPSA) is 67.3 Å². The summed E-state index contributed by atoms with van der Waals surface area (Å²) in [5, 5.41) is 3.78. The number of hydrogen-bond donors (Lipinski definition) is 3. The van der Waals surface area contributed by atoms with Crippen LogP contribution >= 0.6 is 0 Å². The summed E-state index contributed by atoms with van der Waals surface area (Å²) in [7, 11) is 0. The second-order valence-corrected chi connectivity index (χ2v) is 12.5. The van der Waals surface area contributed by atoms with Gasteiger partial charge in [-0.3, -0.25) is 0 Å². The Kier molecular flexibility index (Phi) is 6.29. The fourth-order valence-electron chi connectivity index (χ4n) is 7.92. The number of hydrogen-bond acceptors (Lipinski definition) is 4. The first-order chi connectivity index (χ1) is 23.1. The third-order valence-corrected chi connectivity index (χ3v) is 9.98. The second-order valence-electron chi connectivity index (χ2n) is 12.5. The monoisotopic (exact) mass is 606 g/mol. The maximum Gasteiger partial charge on any atom is 0.0784 e. The first-order valence-electron chi connectivity index (χ1n) is 16.2. The highest BCUT2D eigenvalue weighted by molar-refractivity contribution is 5.97. The summed E-state index contributed by atoms with van der Waals surface area (Å²) >= 11 is 0. The lowest BCUT2D eigenvalue weighted by Crippen LogP contribution is -2.37. The molecule has 0 fully saturated rings. The molecule has 0 atom stereocenters. The molecule has 6 aromatic rings. The van der Waals surface area contributed by atoms with Crippen molar-refractivity contribution in [2.75, 3.05) is 11.4 Å². The van der Waals surface area contributed by atoms with E-state index in [1.807, 2.05) is 12.1 Å². The van der Waals surface area contributed by atoms with Crippen LogP contribution in [0.4, 0.5) is 17.1 Å². The van der Waals surface area contributed by atoms with E-state index in [0.29, 0.717) is 0 Å². The number of anilines is 3. The number of para-hydroxylation sites is 3. The number of dihydropyridines is 1. The molecule has 0 bridgehead atoms. The summed E-state index contributed by atoms with van der Waals surface area (Å²) in [4.78, 5) is 2.42. The molecule has 1 spiro atoms. The molecule has 0 unspecified atom stereocenters. The van der Waals surface area contributed by atoms with Gasteiger partial charge in [-0.15, -0.1) is 0 Å². The number of nitrogens with two attached hydrogens (primary N) is 2. The summed E-state index contributed by atoms with van der Waals surface area (Å²) in [6.07, 6.45) is 4.14. The summed E-state index contributed by atoms with van der Waals surface area (Å²) in [5.41, 5.74) is 28.1. The van der Waals surface area contributed by atoms with Crippen LogP contribution in [0.1, 0.15) is 34.0 Å². The van der Waals surface area contributed by atoms with Crippen molar-refractivity contribution in [3.63, 3.8) is 0 Å². The zero-order valence-corrected chi connectivity index (χ0v) is 25.9. The Labute approximate surface area is 275 Å². The first-order valence-corrected chi connectivity index (χ1v) is 16.2. The summed E-state index contributed by atoms with van der Waals surface area (Å²) in [6.45, 7) is 0.811. The standard InChI is InChI=1S/C43H34N4/c44-42(45)29-21-19-28(20-22-29)30-10-8-11-31(26-30)32-23-24-34-38(27-32)43(37-16-9-25-46-41(34)37)35-14-4-6-17-39(35)47(33-12-2-1-3-13-33)40-18-7-5-15-36(40)43/h1-24,26-27,42,46H,25,44-45H2. The molecule has 6 aromatic carbocycles. The van der Waals surface area contributed by atoms with E-state index in [0.717, 1.165) is 28.9 Å². The second kappa shape index (κ2) is 10.7. The maximum absolute atomic E-state index is 5.91. The van der Waals surface area contributed by atoms with Crippen LogP contribution in [0, 0.1) is 0 Å². The van der Waals surface area contributed by atoms with Crippen LogP contribution in [0.2, 0.25) is 0 Å². The molecule has 226 valence electrons. The van der Waals surface area contributed by atoms with Gasteiger partial charge in [-0.2, -0.15) is 0 Å². The summed E-state index contributed by atoms with van der Waals surface area (Å²) in [5.74, 6) is 0. The van der Waals surface area contributed by atoms with Gasteiger partial charge in [0.1, 0.15) is 0 Å². The molecule has 0 amide bonds. The third kappa shape index (κ3) is 4.09. The van der Waals surface area contributed by atoms with Crippen LogP contribution < -0.4 is 21.7 Å². The van der Waals surface area contributed by atoms with Crippen molar-refractivity contribution in [2.45, 2.75) is 11.6 Å². The first kappa shape index (κ1) is 27.6. The molecule has 0 saturated heterocycles. The summed E-state index contributed by atoms with van der Waals surface area (Å²) in [6, 6.07) is 52.7. The fourth-order valence-corrected chi connectivity index (χ4v) is 7.92. The Morgan fingerprint density at radius 3 is 1.89 bits per heavy atom. The Morgan fingerprint density at radius 2 is 1.19 bits per heavy atom. The van der Waals surface area contributed by atoms with Crippen molar-refractivity contribution in [1.82, 2.24) is 5.32 Å². The number of fused-ring (bicyclic) bond motifs is 8. The van der Waals surface area contributed by atoms with Gasteiger partial charge in [0.25, 0.3) is 0 Å². The number of nitrogens with one attached hydrogen (secondary N) is 1. The number of rotatable bonds is 4. The van der Waals surface area contributed by atoms with E-state index in [1.54, 1.807) is 0 Å². The molecule has 0 saturated carbocycles. The van der Waals surface area contributed by atoms with Gasteiger partial charge in [-0.25, -0.2) is 0 Å². The van der Waals surface area contributed by atoms with Crippen molar-refractivity contribution >= 4 is 22.8 Å². The Balaban J connectivity index is 1.27. The van der Waals surface area contributed by atoms with Gasteiger partial charge in [-0.1, -0.05) is 121 Å². The van der Waals surface area contributed by atoms with Gasteiger partial charge in [-0.05, 0) is 86.5 Å². The predicted octanol–water partition coefficient (Wildman–Crippen LogP) is 8.94. The molecule has 2 heterocycles. The van der Waals surface area contributed by atoms with Crippen molar-refractivity contribution in [1.29, 1.82) is 0 Å². The van der Waals surface area contributed by atoms with Crippen LogP contribution in [0.5, 0.6) is 0 Å². The van der Waals surface area contributed by atoms with Crippen LogP contribution in [-0.4, -0.2) is 6.54 Å². The molecule has 4 heteroatoms. The molecule has 9 rings (SSSR count). The third-order valence-electron chi connectivity index (χ3n) is 9.98. The molecule has 2 aliphatic heterocycles. The van der Waals surface area contributed by atoms with E-state index in [1.165, 1.54) is 56.0 Å². The Hall–Kier alpha value is -5.68. The van der Waals surface area contributed by atoms with E-state index in [-0.39, 0.29) is 0 Å². The van der Waals surface area contributed by atoms with Crippen molar-refractivity contribution < 1.29 is 0 Å². The average Bonchev–Trinajstić information content (AvgIpc) is 3.42. The van der Waals surface area contributed by atoms with Crippen LogP contribution in [0.15, 0.2) is 163 Å². The largest absolute Gasteiger partial charge is 0.381 e.